The van der Waals surface area contributed by atoms with Gasteiger partial charge in [0.1, 0.15) is 0 Å². The Hall–Kier alpha value is -0.120. The minimum atomic E-state index is 0.797. The second kappa shape index (κ2) is 7.43. The Kier molecular flexibility index (Phi) is 5.58. The summed E-state index contributed by atoms with van der Waals surface area (Å²) in [7, 11) is 0. The molecule has 3 rings (SSSR count). The third-order valence-corrected chi connectivity index (χ3v) is 6.25. The maximum Gasteiger partial charge on any atom is 0.0261 e. The van der Waals surface area contributed by atoms with E-state index in [1.807, 2.05) is 0 Å². The lowest BCUT2D eigenvalue weighted by Crippen LogP contribution is -2.56. The molecule has 3 fully saturated rings. The Bertz CT molecular complexity index is 304. The van der Waals surface area contributed by atoms with E-state index >= 15 is 0 Å². The van der Waals surface area contributed by atoms with Crippen molar-refractivity contribution in [3.8, 4) is 0 Å². The molecule has 2 unspecified atom stereocenters. The lowest BCUT2D eigenvalue weighted by atomic mass is 9.87. The van der Waals surface area contributed by atoms with E-state index in [2.05, 4.69) is 29.0 Å². The summed E-state index contributed by atoms with van der Waals surface area (Å²) in [5.41, 5.74) is 0. The Labute approximate surface area is 131 Å². The Morgan fingerprint density at radius 3 is 2.14 bits per heavy atom. The van der Waals surface area contributed by atoms with Crippen LogP contribution in [0.1, 0.15) is 46.0 Å². The van der Waals surface area contributed by atoms with E-state index in [-0.39, 0.29) is 0 Å². The molecule has 0 bridgehead atoms. The summed E-state index contributed by atoms with van der Waals surface area (Å²) >= 11 is 0. The molecule has 0 aliphatic carbocycles. The summed E-state index contributed by atoms with van der Waals surface area (Å²) in [6.07, 6.45) is 7.02. The standard InChI is InChI=1S/C18H35N3/c1-15-4-9-20(10-5-15)14-17-3-8-19-13-18(17)21-11-6-16(2)7-12-21/h15-19H,3-14H2,1-2H3. The van der Waals surface area contributed by atoms with Crippen molar-refractivity contribution in [3.05, 3.63) is 0 Å². The van der Waals surface area contributed by atoms with Crippen LogP contribution < -0.4 is 5.32 Å². The number of likely N-dealkylation sites (tertiary alicyclic amines) is 2. The van der Waals surface area contributed by atoms with E-state index in [4.69, 9.17) is 0 Å². The summed E-state index contributed by atoms with van der Waals surface area (Å²) in [5.74, 6) is 2.79. The first-order valence-corrected chi connectivity index (χ1v) is 9.39. The minimum absolute atomic E-state index is 0.797. The zero-order valence-corrected chi connectivity index (χ0v) is 14.2. The molecule has 122 valence electrons. The molecule has 3 heterocycles. The van der Waals surface area contributed by atoms with Crippen molar-refractivity contribution < 1.29 is 0 Å². The van der Waals surface area contributed by atoms with Crippen molar-refractivity contribution in [2.24, 2.45) is 17.8 Å². The van der Waals surface area contributed by atoms with Crippen molar-refractivity contribution in [3.63, 3.8) is 0 Å². The maximum atomic E-state index is 3.66. The number of hydrogen-bond acceptors (Lipinski definition) is 3. The van der Waals surface area contributed by atoms with Crippen molar-refractivity contribution in [1.82, 2.24) is 15.1 Å². The van der Waals surface area contributed by atoms with Crippen molar-refractivity contribution in [2.45, 2.75) is 52.0 Å². The van der Waals surface area contributed by atoms with E-state index in [1.165, 1.54) is 77.9 Å². The highest BCUT2D eigenvalue weighted by atomic mass is 15.2. The summed E-state index contributed by atoms with van der Waals surface area (Å²) < 4.78 is 0. The summed E-state index contributed by atoms with van der Waals surface area (Å²) in [6.45, 7) is 14.0. The molecule has 0 spiro atoms. The van der Waals surface area contributed by atoms with Crippen LogP contribution in [0.2, 0.25) is 0 Å². The number of rotatable bonds is 3. The van der Waals surface area contributed by atoms with Crippen LogP contribution in [-0.2, 0) is 0 Å². The lowest BCUT2D eigenvalue weighted by molar-refractivity contribution is 0.0537. The monoisotopic (exact) mass is 293 g/mol. The molecule has 0 aromatic rings. The molecular weight excluding hydrogens is 258 g/mol. The largest absolute Gasteiger partial charge is 0.315 e. The summed E-state index contributed by atoms with van der Waals surface area (Å²) in [5, 5.41) is 3.66. The quantitative estimate of drug-likeness (QED) is 0.862. The van der Waals surface area contributed by atoms with Crippen LogP contribution in [0.4, 0.5) is 0 Å². The normalized spacial score (nSPS) is 35.1. The zero-order valence-electron chi connectivity index (χ0n) is 14.2. The highest BCUT2D eigenvalue weighted by Gasteiger charge is 2.33. The van der Waals surface area contributed by atoms with Crippen LogP contribution in [0.25, 0.3) is 0 Å². The minimum Gasteiger partial charge on any atom is -0.315 e. The van der Waals surface area contributed by atoms with E-state index in [0.29, 0.717) is 0 Å². The van der Waals surface area contributed by atoms with Gasteiger partial charge in [0.05, 0.1) is 0 Å². The number of hydrogen-bond donors (Lipinski definition) is 1. The van der Waals surface area contributed by atoms with E-state index in [0.717, 1.165) is 23.8 Å². The second-order valence-electron chi connectivity index (χ2n) is 8.02. The maximum absolute atomic E-state index is 3.66. The molecule has 3 heteroatoms. The first-order valence-electron chi connectivity index (χ1n) is 9.39. The van der Waals surface area contributed by atoms with E-state index < -0.39 is 0 Å². The number of piperidine rings is 3. The van der Waals surface area contributed by atoms with Gasteiger partial charge in [-0.05, 0) is 82.6 Å². The van der Waals surface area contributed by atoms with Crippen LogP contribution >= 0.6 is 0 Å². The first kappa shape index (κ1) is 15.8. The van der Waals surface area contributed by atoms with Gasteiger partial charge < -0.3 is 10.2 Å². The van der Waals surface area contributed by atoms with Crippen LogP contribution in [0, 0.1) is 17.8 Å². The summed E-state index contributed by atoms with van der Waals surface area (Å²) in [4.78, 5) is 5.57. The van der Waals surface area contributed by atoms with Crippen LogP contribution in [0.5, 0.6) is 0 Å². The fourth-order valence-corrected chi connectivity index (χ4v) is 4.47. The van der Waals surface area contributed by atoms with Gasteiger partial charge in [-0.3, -0.25) is 4.90 Å². The zero-order chi connectivity index (χ0) is 14.7. The van der Waals surface area contributed by atoms with Crippen LogP contribution in [-0.4, -0.2) is 61.7 Å². The molecule has 1 N–H and O–H groups in total. The van der Waals surface area contributed by atoms with Gasteiger partial charge >= 0.3 is 0 Å². The second-order valence-corrected chi connectivity index (χ2v) is 8.02. The molecule has 3 saturated heterocycles. The molecule has 3 aliphatic rings. The van der Waals surface area contributed by atoms with Gasteiger partial charge in [0.15, 0.2) is 0 Å². The number of nitrogens with one attached hydrogen (secondary N) is 1. The molecule has 2 atom stereocenters. The lowest BCUT2D eigenvalue weighted by Gasteiger charge is -2.45. The molecule has 0 aromatic carbocycles. The van der Waals surface area contributed by atoms with Gasteiger partial charge in [0.25, 0.3) is 0 Å². The average molecular weight is 293 g/mol. The first-order chi connectivity index (χ1) is 10.2. The SMILES string of the molecule is CC1CCN(CC2CCNCC2N2CCC(C)CC2)CC1. The molecule has 3 nitrogen and oxygen atoms in total. The molecule has 0 saturated carbocycles. The topological polar surface area (TPSA) is 18.5 Å². The van der Waals surface area contributed by atoms with Crippen molar-refractivity contribution in [2.75, 3.05) is 45.8 Å². The average Bonchev–Trinajstić information content (AvgIpc) is 2.51. The predicted octanol–water partition coefficient (Wildman–Crippen LogP) is 2.43. The molecule has 0 aromatic heterocycles. The predicted molar refractivity (Wildman–Crippen MR) is 89.6 cm³/mol. The Balaban J connectivity index is 1.54. The fraction of sp³-hybridized carbons (Fsp3) is 1.00. The van der Waals surface area contributed by atoms with Gasteiger partial charge in [-0.2, -0.15) is 0 Å². The highest BCUT2D eigenvalue weighted by Crippen LogP contribution is 2.26. The van der Waals surface area contributed by atoms with E-state index in [9.17, 15) is 0 Å². The van der Waals surface area contributed by atoms with Crippen molar-refractivity contribution >= 4 is 0 Å². The highest BCUT2D eigenvalue weighted by molar-refractivity contribution is 4.89. The molecular formula is C18H35N3. The summed E-state index contributed by atoms with van der Waals surface area (Å²) in [6, 6.07) is 0.797. The van der Waals surface area contributed by atoms with Crippen molar-refractivity contribution in [1.29, 1.82) is 0 Å². The third kappa shape index (κ3) is 4.20. The van der Waals surface area contributed by atoms with Gasteiger partial charge in [-0.1, -0.05) is 13.8 Å². The third-order valence-electron chi connectivity index (χ3n) is 6.25. The van der Waals surface area contributed by atoms with Gasteiger partial charge in [0.2, 0.25) is 0 Å². The molecule has 0 amide bonds. The smallest absolute Gasteiger partial charge is 0.0261 e. The Morgan fingerprint density at radius 2 is 1.48 bits per heavy atom. The van der Waals surface area contributed by atoms with Crippen LogP contribution in [0.15, 0.2) is 0 Å². The fourth-order valence-electron chi connectivity index (χ4n) is 4.47. The molecule has 21 heavy (non-hydrogen) atoms. The molecule has 3 aliphatic heterocycles. The van der Waals surface area contributed by atoms with E-state index in [1.54, 1.807) is 0 Å². The van der Waals surface area contributed by atoms with Crippen LogP contribution in [0.3, 0.4) is 0 Å². The number of nitrogens with zero attached hydrogens (tertiary/aromatic N) is 2. The van der Waals surface area contributed by atoms with Gasteiger partial charge in [-0.15, -0.1) is 0 Å². The molecule has 0 radical (unpaired) electrons. The Morgan fingerprint density at radius 1 is 0.857 bits per heavy atom. The van der Waals surface area contributed by atoms with Gasteiger partial charge in [-0.25, -0.2) is 0 Å². The van der Waals surface area contributed by atoms with Gasteiger partial charge in [0, 0.05) is 19.1 Å².